The highest BCUT2D eigenvalue weighted by Gasteiger charge is 2.25. The highest BCUT2D eigenvalue weighted by Crippen LogP contribution is 2.15. The van der Waals surface area contributed by atoms with E-state index in [-0.39, 0.29) is 18.8 Å². The number of piperidine rings is 1. The zero-order chi connectivity index (χ0) is 14.9. The predicted molar refractivity (Wildman–Crippen MR) is 77.9 cm³/mol. The topological polar surface area (TPSA) is 55.8 Å². The number of nitrogens with zero attached hydrogens (tertiary/aromatic N) is 1. The molecular formula is C16H21NO4. The van der Waals surface area contributed by atoms with Gasteiger partial charge in [-0.3, -0.25) is 0 Å². The molecular weight excluding hydrogens is 270 g/mol. The summed E-state index contributed by atoms with van der Waals surface area (Å²) in [5.41, 5.74) is 0.974. The van der Waals surface area contributed by atoms with Crippen LogP contribution in [0.2, 0.25) is 0 Å². The van der Waals surface area contributed by atoms with Gasteiger partial charge in [-0.05, 0) is 18.4 Å². The van der Waals surface area contributed by atoms with Crippen molar-refractivity contribution >= 4 is 12.4 Å². The van der Waals surface area contributed by atoms with E-state index in [1.54, 1.807) is 4.90 Å². The van der Waals surface area contributed by atoms with E-state index in [1.165, 1.54) is 0 Å². The molecule has 114 valence electrons. The van der Waals surface area contributed by atoms with Gasteiger partial charge in [-0.2, -0.15) is 0 Å². The molecule has 1 aromatic carbocycles. The molecule has 0 radical (unpaired) electrons. The molecule has 2 rings (SSSR count). The highest BCUT2D eigenvalue weighted by atomic mass is 16.6. The molecule has 0 saturated carbocycles. The molecule has 1 amide bonds. The first kappa shape index (κ1) is 15.5. The Balaban J connectivity index is 1.75. The Labute approximate surface area is 124 Å². The van der Waals surface area contributed by atoms with Crippen molar-refractivity contribution in [1.29, 1.82) is 0 Å². The van der Waals surface area contributed by atoms with Crippen molar-refractivity contribution < 1.29 is 19.1 Å². The van der Waals surface area contributed by atoms with Gasteiger partial charge in [0.15, 0.2) is 0 Å². The van der Waals surface area contributed by atoms with Crippen molar-refractivity contribution in [2.75, 3.05) is 19.7 Å². The molecule has 0 bridgehead atoms. The van der Waals surface area contributed by atoms with Crippen molar-refractivity contribution in [2.45, 2.75) is 32.0 Å². The van der Waals surface area contributed by atoms with Crippen LogP contribution in [0.1, 0.15) is 24.8 Å². The SMILES string of the molecule is O=CCCOC1CCCN(C(=O)OCc2ccccc2)C1. The van der Waals surface area contributed by atoms with Crippen LogP contribution in [0.5, 0.6) is 0 Å². The van der Waals surface area contributed by atoms with E-state index in [9.17, 15) is 9.59 Å². The van der Waals surface area contributed by atoms with Gasteiger partial charge in [0.25, 0.3) is 0 Å². The third kappa shape index (κ3) is 5.19. The van der Waals surface area contributed by atoms with Crippen LogP contribution in [-0.2, 0) is 20.9 Å². The van der Waals surface area contributed by atoms with Gasteiger partial charge < -0.3 is 19.2 Å². The number of carbonyl (C=O) groups excluding carboxylic acids is 2. The van der Waals surface area contributed by atoms with Gasteiger partial charge in [0.2, 0.25) is 0 Å². The fourth-order valence-electron chi connectivity index (χ4n) is 2.33. The second-order valence-electron chi connectivity index (χ2n) is 5.08. The minimum absolute atomic E-state index is 0.00275. The molecule has 0 N–H and O–H groups in total. The van der Waals surface area contributed by atoms with E-state index >= 15 is 0 Å². The number of likely N-dealkylation sites (tertiary alicyclic amines) is 1. The number of aldehydes is 1. The van der Waals surface area contributed by atoms with Crippen molar-refractivity contribution in [1.82, 2.24) is 4.90 Å². The Morgan fingerprint density at radius 3 is 2.90 bits per heavy atom. The fraction of sp³-hybridized carbons (Fsp3) is 0.500. The fourth-order valence-corrected chi connectivity index (χ4v) is 2.33. The molecule has 1 atom stereocenters. The van der Waals surface area contributed by atoms with E-state index in [0.717, 1.165) is 24.7 Å². The Bertz CT molecular complexity index is 449. The number of carbonyl (C=O) groups is 2. The average molecular weight is 291 g/mol. The van der Waals surface area contributed by atoms with Crippen LogP contribution >= 0.6 is 0 Å². The maximum absolute atomic E-state index is 12.0. The van der Waals surface area contributed by atoms with Gasteiger partial charge in [-0.25, -0.2) is 4.79 Å². The first-order valence-corrected chi connectivity index (χ1v) is 7.30. The zero-order valence-corrected chi connectivity index (χ0v) is 12.1. The minimum Gasteiger partial charge on any atom is -0.445 e. The summed E-state index contributed by atoms with van der Waals surface area (Å²) in [5, 5.41) is 0. The van der Waals surface area contributed by atoms with E-state index < -0.39 is 0 Å². The maximum atomic E-state index is 12.0. The number of hydrogen-bond donors (Lipinski definition) is 0. The molecule has 1 heterocycles. The Kier molecular flexibility index (Phi) is 6.22. The summed E-state index contributed by atoms with van der Waals surface area (Å²) in [6.45, 7) is 1.93. The lowest BCUT2D eigenvalue weighted by Crippen LogP contribution is -2.43. The van der Waals surface area contributed by atoms with Gasteiger partial charge in [-0.1, -0.05) is 30.3 Å². The first-order valence-electron chi connectivity index (χ1n) is 7.30. The van der Waals surface area contributed by atoms with Gasteiger partial charge in [0.05, 0.1) is 19.3 Å². The van der Waals surface area contributed by atoms with Crippen LogP contribution in [-0.4, -0.2) is 43.1 Å². The summed E-state index contributed by atoms with van der Waals surface area (Å²) in [7, 11) is 0. The lowest BCUT2D eigenvalue weighted by molar-refractivity contribution is -0.109. The lowest BCUT2D eigenvalue weighted by Gasteiger charge is -2.31. The van der Waals surface area contributed by atoms with Crippen molar-refractivity contribution in [3.8, 4) is 0 Å². The van der Waals surface area contributed by atoms with Crippen LogP contribution in [0.3, 0.4) is 0 Å². The van der Waals surface area contributed by atoms with E-state index in [0.29, 0.717) is 26.1 Å². The van der Waals surface area contributed by atoms with Crippen molar-refractivity contribution in [3.05, 3.63) is 35.9 Å². The number of hydrogen-bond acceptors (Lipinski definition) is 4. The van der Waals surface area contributed by atoms with Crippen LogP contribution in [0.25, 0.3) is 0 Å². The normalized spacial score (nSPS) is 18.3. The molecule has 21 heavy (non-hydrogen) atoms. The lowest BCUT2D eigenvalue weighted by atomic mass is 10.1. The number of ether oxygens (including phenoxy) is 2. The third-order valence-corrected chi connectivity index (χ3v) is 3.43. The molecule has 5 nitrogen and oxygen atoms in total. The third-order valence-electron chi connectivity index (χ3n) is 3.43. The van der Waals surface area contributed by atoms with Gasteiger partial charge in [0.1, 0.15) is 12.9 Å². The second-order valence-corrected chi connectivity index (χ2v) is 5.08. The summed E-state index contributed by atoms with van der Waals surface area (Å²) >= 11 is 0. The quantitative estimate of drug-likeness (QED) is 0.596. The van der Waals surface area contributed by atoms with E-state index in [1.807, 2.05) is 30.3 Å². The molecule has 0 aromatic heterocycles. The van der Waals surface area contributed by atoms with Crippen LogP contribution in [0.15, 0.2) is 30.3 Å². The minimum atomic E-state index is -0.303. The molecule has 5 heteroatoms. The summed E-state index contributed by atoms with van der Waals surface area (Å²) in [6.07, 6.45) is 2.75. The Hall–Kier alpha value is -1.88. The predicted octanol–water partition coefficient (Wildman–Crippen LogP) is 2.39. The number of amides is 1. The van der Waals surface area contributed by atoms with Crippen LogP contribution in [0.4, 0.5) is 4.79 Å². The highest BCUT2D eigenvalue weighted by molar-refractivity contribution is 5.67. The average Bonchev–Trinajstić information content (AvgIpc) is 2.54. The molecule has 1 aromatic rings. The van der Waals surface area contributed by atoms with E-state index in [2.05, 4.69) is 0 Å². The molecule has 0 aliphatic carbocycles. The van der Waals surface area contributed by atoms with Gasteiger partial charge in [-0.15, -0.1) is 0 Å². The largest absolute Gasteiger partial charge is 0.445 e. The smallest absolute Gasteiger partial charge is 0.410 e. The summed E-state index contributed by atoms with van der Waals surface area (Å²) in [4.78, 5) is 24.0. The monoisotopic (exact) mass is 291 g/mol. The van der Waals surface area contributed by atoms with Crippen LogP contribution < -0.4 is 0 Å². The molecule has 0 spiro atoms. The van der Waals surface area contributed by atoms with Crippen molar-refractivity contribution in [3.63, 3.8) is 0 Å². The zero-order valence-electron chi connectivity index (χ0n) is 12.1. The Morgan fingerprint density at radius 1 is 1.33 bits per heavy atom. The maximum Gasteiger partial charge on any atom is 0.410 e. The van der Waals surface area contributed by atoms with Gasteiger partial charge in [0, 0.05) is 13.0 Å². The number of rotatable bonds is 6. The Morgan fingerprint density at radius 2 is 2.14 bits per heavy atom. The first-order chi connectivity index (χ1) is 10.3. The van der Waals surface area contributed by atoms with Crippen LogP contribution in [0, 0.1) is 0 Å². The number of benzene rings is 1. The molecule has 1 fully saturated rings. The van der Waals surface area contributed by atoms with E-state index in [4.69, 9.17) is 9.47 Å². The summed E-state index contributed by atoms with van der Waals surface area (Å²) in [6, 6.07) is 9.61. The molecule has 1 saturated heterocycles. The summed E-state index contributed by atoms with van der Waals surface area (Å²) < 4.78 is 10.9. The molecule has 1 unspecified atom stereocenters. The molecule has 1 aliphatic heterocycles. The standard InChI is InChI=1S/C16H21NO4/c18-10-5-11-20-15-8-4-9-17(12-15)16(19)21-13-14-6-2-1-3-7-14/h1-3,6-7,10,15H,4-5,8-9,11-13H2. The van der Waals surface area contributed by atoms with Crippen molar-refractivity contribution in [2.24, 2.45) is 0 Å². The van der Waals surface area contributed by atoms with Gasteiger partial charge >= 0.3 is 6.09 Å². The second kappa shape index (κ2) is 8.42. The summed E-state index contributed by atoms with van der Waals surface area (Å²) in [5.74, 6) is 0. The molecule has 1 aliphatic rings.